The molecule has 0 fully saturated rings. The summed E-state index contributed by atoms with van der Waals surface area (Å²) in [5.74, 6) is 6.35. The molecule has 3 N–H and O–H groups in total. The quantitative estimate of drug-likeness (QED) is 0.524. The van der Waals surface area contributed by atoms with Gasteiger partial charge in [-0.25, -0.2) is 15.0 Å². The van der Waals surface area contributed by atoms with Crippen LogP contribution in [0.1, 0.15) is 17.6 Å². The van der Waals surface area contributed by atoms with E-state index < -0.39 is 0 Å². The highest BCUT2D eigenvalue weighted by atomic mass is 15.3. The molecule has 2 heterocycles. The second-order valence-electron chi connectivity index (χ2n) is 3.36. The van der Waals surface area contributed by atoms with E-state index in [1.54, 1.807) is 10.9 Å². The van der Waals surface area contributed by atoms with Gasteiger partial charge in [0, 0.05) is 19.7 Å². The van der Waals surface area contributed by atoms with Crippen molar-refractivity contribution < 1.29 is 0 Å². The van der Waals surface area contributed by atoms with Crippen LogP contribution in [0.15, 0.2) is 24.9 Å². The summed E-state index contributed by atoms with van der Waals surface area (Å²) in [4.78, 5) is 12.2. The Labute approximate surface area is 92.7 Å². The van der Waals surface area contributed by atoms with Crippen molar-refractivity contribution in [3.63, 3.8) is 0 Å². The zero-order chi connectivity index (χ0) is 11.4. The molecule has 0 aromatic carbocycles. The Balaban J connectivity index is 2.16. The first-order valence-corrected chi connectivity index (χ1v) is 4.86. The second-order valence-corrected chi connectivity index (χ2v) is 3.36. The highest BCUT2D eigenvalue weighted by Crippen LogP contribution is 2.12. The lowest BCUT2D eigenvalue weighted by Gasteiger charge is -2.13. The van der Waals surface area contributed by atoms with Gasteiger partial charge >= 0.3 is 0 Å². The van der Waals surface area contributed by atoms with Crippen LogP contribution in [0.3, 0.4) is 0 Å². The molecule has 2 aromatic rings. The molecule has 1 unspecified atom stereocenters. The van der Waals surface area contributed by atoms with Crippen LogP contribution in [0.25, 0.3) is 0 Å². The summed E-state index contributed by atoms with van der Waals surface area (Å²) in [5.41, 5.74) is 3.55. The molecular weight excluding hydrogens is 206 g/mol. The van der Waals surface area contributed by atoms with E-state index in [-0.39, 0.29) is 6.04 Å². The summed E-state index contributed by atoms with van der Waals surface area (Å²) >= 11 is 0. The Hall–Kier alpha value is -1.86. The zero-order valence-corrected chi connectivity index (χ0v) is 8.91. The number of aryl methyl sites for hydroxylation is 1. The normalized spacial score (nSPS) is 12.6. The molecule has 0 saturated carbocycles. The van der Waals surface area contributed by atoms with Crippen molar-refractivity contribution in [2.75, 3.05) is 0 Å². The largest absolute Gasteiger partial charge is 0.271 e. The van der Waals surface area contributed by atoms with Gasteiger partial charge in [0.1, 0.15) is 18.5 Å². The number of nitrogens with two attached hydrogens (primary N) is 1. The van der Waals surface area contributed by atoms with Gasteiger partial charge in [-0.15, -0.1) is 0 Å². The summed E-state index contributed by atoms with van der Waals surface area (Å²) in [5, 5.41) is 4.00. The van der Waals surface area contributed by atoms with E-state index in [1.807, 2.05) is 13.1 Å². The molecule has 0 amide bonds. The van der Waals surface area contributed by atoms with Crippen molar-refractivity contribution in [2.45, 2.75) is 12.5 Å². The molecule has 0 aliphatic rings. The first kappa shape index (κ1) is 10.7. The van der Waals surface area contributed by atoms with E-state index in [1.165, 1.54) is 12.7 Å². The molecule has 7 nitrogen and oxygen atoms in total. The smallest absolute Gasteiger partial charge is 0.138 e. The minimum absolute atomic E-state index is 0.0918. The van der Waals surface area contributed by atoms with E-state index in [0.29, 0.717) is 6.42 Å². The Kier molecular flexibility index (Phi) is 3.18. The molecule has 0 bridgehead atoms. The van der Waals surface area contributed by atoms with Gasteiger partial charge in [0.25, 0.3) is 0 Å². The maximum atomic E-state index is 5.50. The topological polar surface area (TPSA) is 94.5 Å². The van der Waals surface area contributed by atoms with Crippen LogP contribution >= 0.6 is 0 Å². The molecule has 1 atom stereocenters. The van der Waals surface area contributed by atoms with Crippen LogP contribution in [0.4, 0.5) is 0 Å². The van der Waals surface area contributed by atoms with Crippen molar-refractivity contribution in [1.29, 1.82) is 0 Å². The van der Waals surface area contributed by atoms with Crippen molar-refractivity contribution in [1.82, 2.24) is 30.2 Å². The number of hydrazine groups is 1. The van der Waals surface area contributed by atoms with Crippen LogP contribution in [0.2, 0.25) is 0 Å². The number of rotatable bonds is 4. The van der Waals surface area contributed by atoms with Crippen molar-refractivity contribution in [3.05, 3.63) is 36.4 Å². The SMILES string of the molecule is Cn1ncnc1CC(NN)c1ccncn1. The maximum absolute atomic E-state index is 5.50. The van der Waals surface area contributed by atoms with Crippen molar-refractivity contribution >= 4 is 0 Å². The fraction of sp³-hybridized carbons (Fsp3) is 0.333. The summed E-state index contributed by atoms with van der Waals surface area (Å²) < 4.78 is 1.71. The highest BCUT2D eigenvalue weighted by molar-refractivity contribution is 5.07. The van der Waals surface area contributed by atoms with Gasteiger partial charge in [0.15, 0.2) is 0 Å². The number of hydrogen-bond donors (Lipinski definition) is 2. The molecular formula is C9H13N7. The first-order valence-electron chi connectivity index (χ1n) is 4.86. The maximum Gasteiger partial charge on any atom is 0.138 e. The molecule has 2 aromatic heterocycles. The van der Waals surface area contributed by atoms with Gasteiger partial charge in [0.2, 0.25) is 0 Å². The van der Waals surface area contributed by atoms with Crippen LogP contribution < -0.4 is 11.3 Å². The molecule has 0 aliphatic heterocycles. The van der Waals surface area contributed by atoms with Crippen LogP contribution in [-0.4, -0.2) is 24.7 Å². The van der Waals surface area contributed by atoms with Crippen molar-refractivity contribution in [3.8, 4) is 0 Å². The molecule has 0 saturated heterocycles. The molecule has 7 heteroatoms. The third-order valence-corrected chi connectivity index (χ3v) is 2.35. The molecule has 16 heavy (non-hydrogen) atoms. The fourth-order valence-electron chi connectivity index (χ4n) is 1.44. The summed E-state index contributed by atoms with van der Waals surface area (Å²) in [6, 6.07) is 1.73. The van der Waals surface area contributed by atoms with Crippen LogP contribution in [0.5, 0.6) is 0 Å². The Morgan fingerprint density at radius 2 is 2.31 bits per heavy atom. The predicted molar refractivity (Wildman–Crippen MR) is 56.8 cm³/mol. The standard InChI is InChI=1S/C9H13N7/c1-16-9(13-6-14-16)4-8(15-10)7-2-3-11-5-12-7/h2-3,5-6,8,15H,4,10H2,1H3. The van der Waals surface area contributed by atoms with E-state index >= 15 is 0 Å². The lowest BCUT2D eigenvalue weighted by Crippen LogP contribution is -2.31. The molecule has 84 valence electrons. The summed E-state index contributed by atoms with van der Waals surface area (Å²) in [6.07, 6.45) is 5.33. The lowest BCUT2D eigenvalue weighted by molar-refractivity contribution is 0.511. The van der Waals surface area contributed by atoms with Gasteiger partial charge in [-0.1, -0.05) is 0 Å². The molecule has 0 aliphatic carbocycles. The third kappa shape index (κ3) is 2.20. The minimum Gasteiger partial charge on any atom is -0.271 e. The molecule has 0 radical (unpaired) electrons. The van der Waals surface area contributed by atoms with Gasteiger partial charge in [-0.2, -0.15) is 5.10 Å². The van der Waals surface area contributed by atoms with Crippen LogP contribution in [0, 0.1) is 0 Å². The molecule has 2 rings (SSSR count). The van der Waals surface area contributed by atoms with Crippen LogP contribution in [-0.2, 0) is 13.5 Å². The predicted octanol–water partition coefficient (Wildman–Crippen LogP) is -0.648. The average molecular weight is 219 g/mol. The number of aromatic nitrogens is 5. The average Bonchev–Trinajstić information content (AvgIpc) is 2.73. The van der Waals surface area contributed by atoms with Gasteiger partial charge < -0.3 is 0 Å². The van der Waals surface area contributed by atoms with Gasteiger partial charge in [-0.3, -0.25) is 16.0 Å². The van der Waals surface area contributed by atoms with Crippen molar-refractivity contribution in [2.24, 2.45) is 12.9 Å². The number of nitrogens with zero attached hydrogens (tertiary/aromatic N) is 5. The monoisotopic (exact) mass is 219 g/mol. The number of hydrogen-bond acceptors (Lipinski definition) is 6. The third-order valence-electron chi connectivity index (χ3n) is 2.35. The van der Waals surface area contributed by atoms with Gasteiger partial charge in [-0.05, 0) is 6.07 Å². The zero-order valence-electron chi connectivity index (χ0n) is 8.91. The highest BCUT2D eigenvalue weighted by Gasteiger charge is 2.14. The van der Waals surface area contributed by atoms with Gasteiger partial charge in [0.05, 0.1) is 11.7 Å². The summed E-state index contributed by atoms with van der Waals surface area (Å²) in [6.45, 7) is 0. The Bertz CT molecular complexity index is 438. The van der Waals surface area contributed by atoms with E-state index in [4.69, 9.17) is 5.84 Å². The minimum atomic E-state index is -0.0918. The summed E-state index contributed by atoms with van der Waals surface area (Å²) in [7, 11) is 1.84. The van der Waals surface area contributed by atoms with E-state index in [2.05, 4.69) is 25.5 Å². The Morgan fingerprint density at radius 3 is 2.88 bits per heavy atom. The van der Waals surface area contributed by atoms with E-state index in [0.717, 1.165) is 11.5 Å². The fourth-order valence-corrected chi connectivity index (χ4v) is 1.44. The molecule has 0 spiro atoms. The first-order chi connectivity index (χ1) is 7.81. The second kappa shape index (κ2) is 4.77. The lowest BCUT2D eigenvalue weighted by atomic mass is 10.1. The Morgan fingerprint density at radius 1 is 1.44 bits per heavy atom. The van der Waals surface area contributed by atoms with E-state index in [9.17, 15) is 0 Å². The number of nitrogens with one attached hydrogen (secondary N) is 1.